The second-order valence-corrected chi connectivity index (χ2v) is 6.48. The molecule has 0 spiro atoms. The van der Waals surface area contributed by atoms with Crippen molar-refractivity contribution in [2.24, 2.45) is 0 Å². The van der Waals surface area contributed by atoms with E-state index in [9.17, 15) is 12.8 Å². The highest BCUT2D eigenvalue weighted by atomic mass is 32.2. The summed E-state index contributed by atoms with van der Waals surface area (Å²) in [6.45, 7) is 0.316. The molecule has 2 aromatic rings. The van der Waals surface area contributed by atoms with Gasteiger partial charge < -0.3 is 11.1 Å². The average Bonchev–Trinajstić information content (AvgIpc) is 2.38. The van der Waals surface area contributed by atoms with Crippen molar-refractivity contribution in [3.05, 3.63) is 53.8 Å². The van der Waals surface area contributed by atoms with Gasteiger partial charge in [0.15, 0.2) is 9.84 Å². The fourth-order valence-corrected chi connectivity index (χ4v) is 2.40. The molecule has 0 unspecified atom stereocenters. The summed E-state index contributed by atoms with van der Waals surface area (Å²) in [5.41, 5.74) is 7.34. The summed E-state index contributed by atoms with van der Waals surface area (Å²) in [7, 11) is -3.36. The molecular formula is C14H15FN2O2S. The molecule has 0 aliphatic heterocycles. The van der Waals surface area contributed by atoms with E-state index in [-0.39, 0.29) is 10.6 Å². The zero-order valence-corrected chi connectivity index (χ0v) is 11.7. The van der Waals surface area contributed by atoms with E-state index in [1.807, 2.05) is 18.2 Å². The maximum atomic E-state index is 13.7. The molecule has 0 atom stereocenters. The molecule has 0 radical (unpaired) electrons. The predicted octanol–water partition coefficient (Wildman–Crippen LogP) is 2.42. The van der Waals surface area contributed by atoms with Crippen molar-refractivity contribution < 1.29 is 12.8 Å². The minimum atomic E-state index is -3.36. The predicted molar refractivity (Wildman–Crippen MR) is 77.7 cm³/mol. The van der Waals surface area contributed by atoms with E-state index in [1.165, 1.54) is 12.1 Å². The van der Waals surface area contributed by atoms with Gasteiger partial charge in [0.1, 0.15) is 5.82 Å². The summed E-state index contributed by atoms with van der Waals surface area (Å²) in [4.78, 5) is 0.0717. The van der Waals surface area contributed by atoms with Gasteiger partial charge in [-0.15, -0.1) is 0 Å². The number of hydrogen-bond donors (Lipinski definition) is 2. The third kappa shape index (κ3) is 3.27. The Kier molecular flexibility index (Phi) is 3.94. The average molecular weight is 294 g/mol. The highest BCUT2D eigenvalue weighted by molar-refractivity contribution is 7.90. The molecule has 0 saturated carbocycles. The molecule has 0 heterocycles. The second kappa shape index (κ2) is 5.50. The van der Waals surface area contributed by atoms with Crippen molar-refractivity contribution in [3.8, 4) is 0 Å². The Morgan fingerprint density at radius 1 is 1.20 bits per heavy atom. The Labute approximate surface area is 117 Å². The van der Waals surface area contributed by atoms with Crippen molar-refractivity contribution >= 4 is 21.2 Å². The van der Waals surface area contributed by atoms with Crippen LogP contribution in [0.4, 0.5) is 15.8 Å². The van der Waals surface area contributed by atoms with Crippen LogP contribution in [0, 0.1) is 5.82 Å². The molecular weight excluding hydrogens is 279 g/mol. The van der Waals surface area contributed by atoms with Crippen LogP contribution in [-0.2, 0) is 16.4 Å². The minimum Gasteiger partial charge on any atom is -0.398 e. The molecule has 106 valence electrons. The van der Waals surface area contributed by atoms with E-state index in [0.717, 1.165) is 17.9 Å². The van der Waals surface area contributed by atoms with Gasteiger partial charge in [-0.2, -0.15) is 0 Å². The van der Waals surface area contributed by atoms with Crippen LogP contribution in [0.1, 0.15) is 5.56 Å². The van der Waals surface area contributed by atoms with Gasteiger partial charge in [0.25, 0.3) is 0 Å². The van der Waals surface area contributed by atoms with E-state index in [4.69, 9.17) is 5.73 Å². The monoisotopic (exact) mass is 294 g/mol. The highest BCUT2D eigenvalue weighted by Gasteiger charge is 2.11. The minimum absolute atomic E-state index is 0.0717. The number of nitrogen functional groups attached to an aromatic ring is 1. The van der Waals surface area contributed by atoms with Gasteiger partial charge in [-0.3, -0.25) is 0 Å². The van der Waals surface area contributed by atoms with Gasteiger partial charge in [-0.25, -0.2) is 12.8 Å². The molecule has 0 saturated heterocycles. The molecule has 0 aliphatic carbocycles. The first kappa shape index (κ1) is 14.3. The number of halogens is 1. The molecule has 0 amide bonds. The van der Waals surface area contributed by atoms with Crippen molar-refractivity contribution in [1.82, 2.24) is 0 Å². The van der Waals surface area contributed by atoms with Crippen LogP contribution in [0.5, 0.6) is 0 Å². The number of hydrogen-bond acceptors (Lipinski definition) is 4. The Bertz CT molecular complexity index is 730. The van der Waals surface area contributed by atoms with Crippen molar-refractivity contribution in [1.29, 1.82) is 0 Å². The molecule has 4 nitrogen and oxygen atoms in total. The van der Waals surface area contributed by atoms with E-state index < -0.39 is 15.7 Å². The first-order valence-electron chi connectivity index (χ1n) is 5.95. The molecule has 20 heavy (non-hydrogen) atoms. The van der Waals surface area contributed by atoms with Crippen molar-refractivity contribution in [2.75, 3.05) is 17.3 Å². The quantitative estimate of drug-likeness (QED) is 0.671. The second-order valence-electron chi connectivity index (χ2n) is 4.47. The van der Waals surface area contributed by atoms with Crippen LogP contribution >= 0.6 is 0 Å². The summed E-state index contributed by atoms with van der Waals surface area (Å²) in [6, 6.07) is 10.9. The smallest absolute Gasteiger partial charge is 0.175 e. The number of nitrogens with one attached hydrogen (secondary N) is 1. The normalized spacial score (nSPS) is 11.3. The summed E-state index contributed by atoms with van der Waals surface area (Å²) >= 11 is 0. The Balaban J connectivity index is 2.24. The van der Waals surface area contributed by atoms with Gasteiger partial charge in [0, 0.05) is 18.5 Å². The Morgan fingerprint density at radius 3 is 2.55 bits per heavy atom. The number of para-hydroxylation sites is 1. The number of sulfone groups is 1. The van der Waals surface area contributed by atoms with E-state index >= 15 is 0 Å². The van der Waals surface area contributed by atoms with Crippen LogP contribution in [0.2, 0.25) is 0 Å². The van der Waals surface area contributed by atoms with E-state index in [1.54, 1.807) is 6.07 Å². The molecule has 2 rings (SSSR count). The molecule has 0 bridgehead atoms. The first-order valence-corrected chi connectivity index (χ1v) is 7.84. The lowest BCUT2D eigenvalue weighted by Crippen LogP contribution is -2.06. The van der Waals surface area contributed by atoms with Crippen LogP contribution in [-0.4, -0.2) is 14.7 Å². The fourth-order valence-electron chi connectivity index (χ4n) is 1.76. The zero-order valence-electron chi connectivity index (χ0n) is 10.9. The van der Waals surface area contributed by atoms with Gasteiger partial charge >= 0.3 is 0 Å². The Morgan fingerprint density at radius 2 is 1.90 bits per heavy atom. The van der Waals surface area contributed by atoms with Crippen molar-refractivity contribution in [2.45, 2.75) is 11.4 Å². The maximum absolute atomic E-state index is 13.7. The highest BCUT2D eigenvalue weighted by Crippen LogP contribution is 2.21. The van der Waals surface area contributed by atoms with Crippen LogP contribution in [0.3, 0.4) is 0 Å². The molecule has 2 aromatic carbocycles. The van der Waals surface area contributed by atoms with E-state index in [0.29, 0.717) is 12.2 Å². The molecule has 0 aromatic heterocycles. The number of nitrogens with two attached hydrogens (primary N) is 1. The largest absolute Gasteiger partial charge is 0.398 e. The molecule has 3 N–H and O–H groups in total. The molecule has 6 heteroatoms. The third-order valence-corrected chi connectivity index (χ3v) is 4.00. The van der Waals surface area contributed by atoms with E-state index in [2.05, 4.69) is 5.32 Å². The Hall–Kier alpha value is -2.08. The molecule has 0 fully saturated rings. The lowest BCUT2D eigenvalue weighted by Gasteiger charge is -2.10. The maximum Gasteiger partial charge on any atom is 0.175 e. The zero-order chi connectivity index (χ0) is 14.8. The standard InChI is InChI=1S/C14H15FN2O2S/c1-20(18,19)11-6-7-12(15)14(8-11)17-9-10-4-2-3-5-13(10)16/h2-8,17H,9,16H2,1H3. The number of benzene rings is 2. The topological polar surface area (TPSA) is 72.2 Å². The lowest BCUT2D eigenvalue weighted by molar-refractivity contribution is 0.600. The van der Waals surface area contributed by atoms with Crippen LogP contribution in [0.15, 0.2) is 47.4 Å². The summed E-state index contributed by atoms with van der Waals surface area (Å²) < 4.78 is 36.6. The van der Waals surface area contributed by atoms with Crippen LogP contribution in [0.25, 0.3) is 0 Å². The van der Waals surface area contributed by atoms with Crippen molar-refractivity contribution in [3.63, 3.8) is 0 Å². The lowest BCUT2D eigenvalue weighted by atomic mass is 10.2. The van der Waals surface area contributed by atoms with Gasteiger partial charge in [0.05, 0.1) is 10.6 Å². The third-order valence-electron chi connectivity index (χ3n) is 2.89. The van der Waals surface area contributed by atoms with Gasteiger partial charge in [-0.05, 0) is 29.8 Å². The van der Waals surface area contributed by atoms with Crippen LogP contribution < -0.4 is 11.1 Å². The summed E-state index contributed by atoms with van der Waals surface area (Å²) in [5.74, 6) is -0.507. The molecule has 0 aliphatic rings. The summed E-state index contributed by atoms with van der Waals surface area (Å²) in [5, 5.41) is 2.86. The fraction of sp³-hybridized carbons (Fsp3) is 0.143. The SMILES string of the molecule is CS(=O)(=O)c1ccc(F)c(NCc2ccccc2N)c1. The first-order chi connectivity index (χ1) is 9.38. The van der Waals surface area contributed by atoms with Gasteiger partial charge in [0.2, 0.25) is 0 Å². The number of anilines is 2. The number of rotatable bonds is 4. The van der Waals surface area contributed by atoms with Gasteiger partial charge in [-0.1, -0.05) is 18.2 Å². The summed E-state index contributed by atoms with van der Waals surface area (Å²) in [6.07, 6.45) is 1.08.